The molecule has 9 rings (SSSR count). The number of hydrogen-bond acceptors (Lipinski definition) is 1. The fourth-order valence-corrected chi connectivity index (χ4v) is 7.65. The SMILES string of the molecule is C1=CCCC(n2c3ccccc3c3c(-c4cccc(N(c5ccccc5)c5cccc6c5CCC=C6)c4)c4ccccc4cc32)=C1. The van der Waals surface area contributed by atoms with Crippen molar-refractivity contribution in [3.05, 3.63) is 163 Å². The average molecular weight is 591 g/mol. The Balaban J connectivity index is 1.34. The Labute approximate surface area is 269 Å². The molecule has 0 atom stereocenters. The summed E-state index contributed by atoms with van der Waals surface area (Å²) in [5, 5.41) is 5.15. The highest BCUT2D eigenvalue weighted by Crippen LogP contribution is 2.46. The van der Waals surface area contributed by atoms with Crippen LogP contribution in [0.2, 0.25) is 0 Å². The van der Waals surface area contributed by atoms with E-state index in [1.54, 1.807) is 0 Å². The van der Waals surface area contributed by atoms with Gasteiger partial charge in [-0.25, -0.2) is 0 Å². The van der Waals surface area contributed by atoms with E-state index in [9.17, 15) is 0 Å². The first-order chi connectivity index (χ1) is 22.8. The van der Waals surface area contributed by atoms with Crippen LogP contribution in [0.1, 0.15) is 30.4 Å². The van der Waals surface area contributed by atoms with E-state index in [1.807, 2.05) is 0 Å². The van der Waals surface area contributed by atoms with Crippen LogP contribution >= 0.6 is 0 Å². The second-order valence-corrected chi connectivity index (χ2v) is 12.4. The maximum absolute atomic E-state index is 2.51. The van der Waals surface area contributed by atoms with Gasteiger partial charge in [0, 0.05) is 33.5 Å². The molecule has 0 saturated carbocycles. The summed E-state index contributed by atoms with van der Waals surface area (Å²) in [4.78, 5) is 2.45. The Morgan fingerprint density at radius 3 is 2.26 bits per heavy atom. The van der Waals surface area contributed by atoms with Crippen molar-refractivity contribution in [2.75, 3.05) is 4.90 Å². The van der Waals surface area contributed by atoms with E-state index in [-0.39, 0.29) is 0 Å². The fraction of sp³-hybridized carbons (Fsp3) is 0.0909. The summed E-state index contributed by atoms with van der Waals surface area (Å²) in [6.07, 6.45) is 15.5. The van der Waals surface area contributed by atoms with E-state index in [0.717, 1.165) is 31.4 Å². The van der Waals surface area contributed by atoms with E-state index in [2.05, 4.69) is 167 Å². The van der Waals surface area contributed by atoms with Gasteiger partial charge in [-0.2, -0.15) is 0 Å². The zero-order chi connectivity index (χ0) is 30.5. The number of benzene rings is 6. The van der Waals surface area contributed by atoms with Gasteiger partial charge in [0.15, 0.2) is 0 Å². The lowest BCUT2D eigenvalue weighted by molar-refractivity contribution is 0.979. The second-order valence-electron chi connectivity index (χ2n) is 12.4. The van der Waals surface area contributed by atoms with Gasteiger partial charge in [0.25, 0.3) is 0 Å². The van der Waals surface area contributed by atoms with Gasteiger partial charge in [-0.1, -0.05) is 109 Å². The molecule has 2 nitrogen and oxygen atoms in total. The lowest BCUT2D eigenvalue weighted by Crippen LogP contribution is -2.13. The van der Waals surface area contributed by atoms with Gasteiger partial charge in [-0.15, -0.1) is 0 Å². The summed E-state index contributed by atoms with van der Waals surface area (Å²) in [7, 11) is 0. The molecule has 220 valence electrons. The van der Waals surface area contributed by atoms with Gasteiger partial charge >= 0.3 is 0 Å². The molecule has 2 aliphatic rings. The summed E-state index contributed by atoms with van der Waals surface area (Å²) in [6, 6.07) is 47.0. The van der Waals surface area contributed by atoms with Crippen LogP contribution in [0.3, 0.4) is 0 Å². The zero-order valence-corrected chi connectivity index (χ0v) is 25.7. The third-order valence-electron chi connectivity index (χ3n) is 9.66. The Morgan fingerprint density at radius 2 is 1.37 bits per heavy atom. The topological polar surface area (TPSA) is 8.17 Å². The molecule has 0 radical (unpaired) electrons. The minimum absolute atomic E-state index is 1.03. The quantitative estimate of drug-likeness (QED) is 0.194. The Hall–Kier alpha value is -5.60. The van der Waals surface area contributed by atoms with Crippen molar-refractivity contribution in [1.29, 1.82) is 0 Å². The van der Waals surface area contributed by atoms with Gasteiger partial charge in [0.1, 0.15) is 0 Å². The molecule has 0 amide bonds. The van der Waals surface area contributed by atoms with E-state index in [0.29, 0.717) is 0 Å². The second kappa shape index (κ2) is 11.1. The highest BCUT2D eigenvalue weighted by atomic mass is 15.1. The number of fused-ring (bicyclic) bond motifs is 5. The molecule has 0 saturated heterocycles. The summed E-state index contributed by atoms with van der Waals surface area (Å²) >= 11 is 0. The van der Waals surface area contributed by atoms with Crippen molar-refractivity contribution >= 4 is 61.4 Å². The van der Waals surface area contributed by atoms with Crippen LogP contribution in [0, 0.1) is 0 Å². The maximum Gasteiger partial charge on any atom is 0.0550 e. The monoisotopic (exact) mass is 590 g/mol. The van der Waals surface area contributed by atoms with Crippen molar-refractivity contribution in [2.45, 2.75) is 25.7 Å². The van der Waals surface area contributed by atoms with Gasteiger partial charge in [0.2, 0.25) is 0 Å². The zero-order valence-electron chi connectivity index (χ0n) is 25.7. The van der Waals surface area contributed by atoms with Crippen LogP contribution < -0.4 is 4.90 Å². The molecule has 0 fully saturated rings. The standard InChI is InChI=1S/C44H34N2/c1-3-19-34(20-4-1)45(40-28-14-17-31-15-7-9-24-37(31)40)36-23-13-18-33(29-36)43-38-25-10-8-16-32(38)30-42-44(43)39-26-11-12-27-41(39)46(42)35-21-5-2-6-22-35/h1-5,7-8,10-21,23,25-30H,6,9,22,24H2. The van der Waals surface area contributed by atoms with Gasteiger partial charge in [0.05, 0.1) is 11.0 Å². The summed E-state index contributed by atoms with van der Waals surface area (Å²) in [6.45, 7) is 0. The number of aromatic nitrogens is 1. The number of para-hydroxylation sites is 2. The van der Waals surface area contributed by atoms with Gasteiger partial charge in [-0.3, -0.25) is 0 Å². The molecule has 7 aromatic rings. The molecule has 1 aromatic heterocycles. The minimum Gasteiger partial charge on any atom is -0.313 e. The van der Waals surface area contributed by atoms with Crippen molar-refractivity contribution < 1.29 is 0 Å². The first kappa shape index (κ1) is 26.8. The Bertz CT molecular complexity index is 2370. The lowest BCUT2D eigenvalue weighted by Gasteiger charge is -2.29. The Kier molecular flexibility index (Phi) is 6.45. The van der Waals surface area contributed by atoms with E-state index in [1.165, 1.54) is 71.9 Å². The molecule has 0 unspecified atom stereocenters. The lowest BCUT2D eigenvalue weighted by atomic mass is 9.92. The molecule has 0 aliphatic heterocycles. The summed E-state index contributed by atoms with van der Waals surface area (Å²) in [5.74, 6) is 0. The molecule has 0 spiro atoms. The highest BCUT2D eigenvalue weighted by molar-refractivity contribution is 6.23. The largest absolute Gasteiger partial charge is 0.313 e. The van der Waals surface area contributed by atoms with Crippen molar-refractivity contribution in [2.24, 2.45) is 0 Å². The van der Waals surface area contributed by atoms with E-state index < -0.39 is 0 Å². The average Bonchev–Trinajstić information content (AvgIpc) is 3.45. The first-order valence-electron chi connectivity index (χ1n) is 16.4. The van der Waals surface area contributed by atoms with Crippen LogP contribution in [0.25, 0.3) is 55.5 Å². The minimum atomic E-state index is 1.03. The number of hydrogen-bond donors (Lipinski definition) is 0. The molecule has 0 bridgehead atoms. The molecular formula is C44H34N2. The summed E-state index contributed by atoms with van der Waals surface area (Å²) in [5.41, 5.74) is 12.7. The molecule has 6 aromatic carbocycles. The van der Waals surface area contributed by atoms with E-state index >= 15 is 0 Å². The molecule has 2 aliphatic carbocycles. The molecular weight excluding hydrogens is 556 g/mol. The van der Waals surface area contributed by atoms with Crippen LogP contribution in [-0.4, -0.2) is 4.57 Å². The third-order valence-corrected chi connectivity index (χ3v) is 9.66. The molecule has 0 N–H and O–H groups in total. The molecule has 46 heavy (non-hydrogen) atoms. The van der Waals surface area contributed by atoms with Gasteiger partial charge < -0.3 is 9.47 Å². The number of nitrogens with zero attached hydrogens (tertiary/aromatic N) is 2. The van der Waals surface area contributed by atoms with Crippen molar-refractivity contribution in [3.63, 3.8) is 0 Å². The smallest absolute Gasteiger partial charge is 0.0550 e. The summed E-state index contributed by atoms with van der Waals surface area (Å²) < 4.78 is 2.51. The van der Waals surface area contributed by atoms with Crippen molar-refractivity contribution in [3.8, 4) is 11.1 Å². The van der Waals surface area contributed by atoms with Crippen LogP contribution in [-0.2, 0) is 6.42 Å². The predicted molar refractivity (Wildman–Crippen MR) is 197 cm³/mol. The van der Waals surface area contributed by atoms with E-state index in [4.69, 9.17) is 0 Å². The Morgan fingerprint density at radius 1 is 0.587 bits per heavy atom. The molecule has 2 heteroatoms. The predicted octanol–water partition coefficient (Wildman–Crippen LogP) is 12.2. The normalized spacial score (nSPS) is 14.1. The van der Waals surface area contributed by atoms with Crippen LogP contribution in [0.15, 0.2) is 152 Å². The first-order valence-corrected chi connectivity index (χ1v) is 16.4. The van der Waals surface area contributed by atoms with Crippen LogP contribution in [0.5, 0.6) is 0 Å². The third kappa shape index (κ3) is 4.33. The van der Waals surface area contributed by atoms with Gasteiger partial charge in [-0.05, 0) is 107 Å². The van der Waals surface area contributed by atoms with Crippen molar-refractivity contribution in [1.82, 2.24) is 4.57 Å². The highest BCUT2D eigenvalue weighted by Gasteiger charge is 2.22. The number of rotatable bonds is 5. The maximum atomic E-state index is 2.51. The fourth-order valence-electron chi connectivity index (χ4n) is 7.65. The number of allylic oxidation sites excluding steroid dienone is 5. The van der Waals surface area contributed by atoms with Crippen LogP contribution in [0.4, 0.5) is 17.1 Å². The number of anilines is 3. The molecule has 1 heterocycles.